The van der Waals surface area contributed by atoms with Gasteiger partial charge in [0.2, 0.25) is 10.0 Å². The molecule has 27 heavy (non-hydrogen) atoms. The number of nitrogens with one attached hydrogen (secondary N) is 1. The van der Waals surface area contributed by atoms with Crippen LogP contribution in [0.5, 0.6) is 0 Å². The summed E-state index contributed by atoms with van der Waals surface area (Å²) in [7, 11) is -3.64. The highest BCUT2D eigenvalue weighted by molar-refractivity contribution is 7.89. The highest BCUT2D eigenvalue weighted by atomic mass is 35.5. The van der Waals surface area contributed by atoms with E-state index in [2.05, 4.69) is 10.3 Å². The Hall–Kier alpha value is -1.96. The summed E-state index contributed by atoms with van der Waals surface area (Å²) in [6, 6.07) is 7.91. The number of carbonyl (C=O) groups is 1. The molecule has 0 unspecified atom stereocenters. The van der Waals surface area contributed by atoms with Gasteiger partial charge in [0.05, 0.1) is 15.5 Å². The number of sulfonamides is 1. The molecule has 1 N–H and O–H groups in total. The summed E-state index contributed by atoms with van der Waals surface area (Å²) in [6.45, 7) is 1.30. The predicted molar refractivity (Wildman–Crippen MR) is 104 cm³/mol. The van der Waals surface area contributed by atoms with E-state index < -0.39 is 15.9 Å². The number of carbonyl (C=O) groups excluding carboxylic acids is 1. The van der Waals surface area contributed by atoms with Gasteiger partial charge in [-0.05, 0) is 42.7 Å². The Kier molecular flexibility index (Phi) is 6.46. The van der Waals surface area contributed by atoms with Crippen LogP contribution >= 0.6 is 11.6 Å². The van der Waals surface area contributed by atoms with Crippen molar-refractivity contribution in [2.24, 2.45) is 0 Å². The van der Waals surface area contributed by atoms with Gasteiger partial charge in [-0.3, -0.25) is 9.78 Å². The minimum absolute atomic E-state index is 0.0975. The van der Waals surface area contributed by atoms with Crippen molar-refractivity contribution in [1.82, 2.24) is 14.6 Å². The van der Waals surface area contributed by atoms with E-state index in [1.807, 2.05) is 6.07 Å². The smallest absolute Gasteiger partial charge is 0.253 e. The molecule has 1 aliphatic rings. The molecule has 0 bridgehead atoms. The first-order chi connectivity index (χ1) is 13.0. The highest BCUT2D eigenvalue weighted by Crippen LogP contribution is 2.25. The molecule has 1 fully saturated rings. The van der Waals surface area contributed by atoms with Gasteiger partial charge < -0.3 is 5.32 Å². The second-order valence-corrected chi connectivity index (χ2v) is 8.85. The third kappa shape index (κ3) is 4.86. The first kappa shape index (κ1) is 19.8. The molecule has 0 saturated carbocycles. The van der Waals surface area contributed by atoms with Crippen LogP contribution in [0.3, 0.4) is 0 Å². The van der Waals surface area contributed by atoms with Crippen molar-refractivity contribution in [3.8, 4) is 0 Å². The summed E-state index contributed by atoms with van der Waals surface area (Å²) in [5.74, 6) is -0.420. The Labute approximate surface area is 164 Å². The van der Waals surface area contributed by atoms with Crippen molar-refractivity contribution < 1.29 is 13.2 Å². The summed E-state index contributed by atoms with van der Waals surface area (Å²) in [5.41, 5.74) is 0.992. The summed E-state index contributed by atoms with van der Waals surface area (Å²) in [6.07, 6.45) is 7.08. The maximum absolute atomic E-state index is 12.9. The Morgan fingerprint density at radius 3 is 2.56 bits per heavy atom. The van der Waals surface area contributed by atoms with Gasteiger partial charge in [0.25, 0.3) is 5.91 Å². The molecular weight excluding hydrogens is 386 g/mol. The number of amides is 1. The third-order valence-corrected chi connectivity index (χ3v) is 6.79. The van der Waals surface area contributed by atoms with Gasteiger partial charge in [-0.15, -0.1) is 0 Å². The Bertz CT molecular complexity index is 896. The number of benzene rings is 1. The van der Waals surface area contributed by atoms with Gasteiger partial charge in [0.15, 0.2) is 0 Å². The predicted octanol–water partition coefficient (Wildman–Crippen LogP) is 3.23. The number of hydrogen-bond acceptors (Lipinski definition) is 4. The Balaban J connectivity index is 1.79. The normalized spacial score (nSPS) is 15.9. The molecule has 3 rings (SSSR count). The first-order valence-corrected chi connectivity index (χ1v) is 10.8. The second-order valence-electron chi connectivity index (χ2n) is 6.50. The van der Waals surface area contributed by atoms with Crippen LogP contribution in [0.4, 0.5) is 0 Å². The van der Waals surface area contributed by atoms with Crippen LogP contribution in [0.15, 0.2) is 47.6 Å². The minimum atomic E-state index is -3.64. The van der Waals surface area contributed by atoms with E-state index >= 15 is 0 Å². The molecule has 1 aromatic carbocycles. The van der Waals surface area contributed by atoms with Crippen LogP contribution in [-0.2, 0) is 16.6 Å². The molecular formula is C19H22ClN3O3S. The molecule has 8 heteroatoms. The summed E-state index contributed by atoms with van der Waals surface area (Å²) in [5, 5.41) is 2.97. The van der Waals surface area contributed by atoms with E-state index in [0.717, 1.165) is 31.2 Å². The van der Waals surface area contributed by atoms with Crippen LogP contribution in [0.2, 0.25) is 5.02 Å². The van der Waals surface area contributed by atoms with Gasteiger partial charge in [-0.25, -0.2) is 8.42 Å². The van der Waals surface area contributed by atoms with E-state index in [1.54, 1.807) is 18.5 Å². The molecule has 1 aliphatic heterocycles. The van der Waals surface area contributed by atoms with E-state index in [9.17, 15) is 13.2 Å². The third-order valence-electron chi connectivity index (χ3n) is 4.56. The topological polar surface area (TPSA) is 79.4 Å². The van der Waals surface area contributed by atoms with Crippen LogP contribution < -0.4 is 5.32 Å². The number of aromatic nitrogens is 1. The number of hydrogen-bond donors (Lipinski definition) is 1. The maximum atomic E-state index is 12.9. The fourth-order valence-corrected chi connectivity index (χ4v) is 4.80. The molecule has 1 amide bonds. The van der Waals surface area contributed by atoms with Crippen LogP contribution in [0.25, 0.3) is 0 Å². The van der Waals surface area contributed by atoms with Gasteiger partial charge in [0.1, 0.15) is 0 Å². The summed E-state index contributed by atoms with van der Waals surface area (Å²) < 4.78 is 27.4. The van der Waals surface area contributed by atoms with Crippen LogP contribution in [-0.4, -0.2) is 36.7 Å². The lowest BCUT2D eigenvalue weighted by Crippen LogP contribution is -2.32. The molecule has 0 spiro atoms. The van der Waals surface area contributed by atoms with E-state index in [0.29, 0.717) is 13.1 Å². The molecule has 6 nitrogen and oxygen atoms in total. The average Bonchev–Trinajstić information content (AvgIpc) is 2.97. The fraction of sp³-hybridized carbons (Fsp3) is 0.368. The SMILES string of the molecule is O=C(NCc1cccnc1)c1cc(S(=O)(=O)N2CCCCCC2)ccc1Cl. The van der Waals surface area contributed by atoms with Crippen LogP contribution in [0.1, 0.15) is 41.6 Å². The lowest BCUT2D eigenvalue weighted by atomic mass is 10.2. The Morgan fingerprint density at radius 1 is 1.15 bits per heavy atom. The zero-order chi connectivity index (χ0) is 19.3. The molecule has 2 aromatic rings. The van der Waals surface area contributed by atoms with Gasteiger partial charge in [0, 0.05) is 32.0 Å². The summed E-state index contributed by atoms with van der Waals surface area (Å²) >= 11 is 6.15. The van der Waals surface area contributed by atoms with E-state index in [-0.39, 0.29) is 22.0 Å². The van der Waals surface area contributed by atoms with Gasteiger partial charge in [-0.1, -0.05) is 30.5 Å². The minimum Gasteiger partial charge on any atom is -0.348 e. The monoisotopic (exact) mass is 407 g/mol. The van der Waals surface area contributed by atoms with Crippen LogP contribution in [0, 0.1) is 0 Å². The maximum Gasteiger partial charge on any atom is 0.253 e. The molecule has 0 atom stereocenters. The molecule has 0 aliphatic carbocycles. The Morgan fingerprint density at radius 2 is 1.89 bits per heavy atom. The van der Waals surface area contributed by atoms with E-state index in [4.69, 9.17) is 11.6 Å². The van der Waals surface area contributed by atoms with Gasteiger partial charge in [-0.2, -0.15) is 4.31 Å². The standard InChI is InChI=1S/C19H22ClN3O3S/c20-18-8-7-16(27(25,26)23-10-3-1-2-4-11-23)12-17(18)19(24)22-14-15-6-5-9-21-13-15/h5-9,12-13H,1-4,10-11,14H2,(H,22,24). The zero-order valence-electron chi connectivity index (χ0n) is 14.9. The van der Waals surface area contributed by atoms with Crippen molar-refractivity contribution in [3.05, 3.63) is 58.9 Å². The number of rotatable bonds is 5. The molecule has 0 radical (unpaired) electrons. The largest absolute Gasteiger partial charge is 0.348 e. The number of halogens is 1. The quantitative estimate of drug-likeness (QED) is 0.825. The van der Waals surface area contributed by atoms with E-state index in [1.165, 1.54) is 22.5 Å². The van der Waals surface area contributed by atoms with Crippen molar-refractivity contribution in [2.45, 2.75) is 37.1 Å². The average molecular weight is 408 g/mol. The molecule has 144 valence electrons. The number of pyridine rings is 1. The lowest BCUT2D eigenvalue weighted by Gasteiger charge is -2.20. The second kappa shape index (κ2) is 8.82. The fourth-order valence-electron chi connectivity index (χ4n) is 3.05. The lowest BCUT2D eigenvalue weighted by molar-refractivity contribution is 0.0951. The van der Waals surface area contributed by atoms with Gasteiger partial charge >= 0.3 is 0 Å². The highest BCUT2D eigenvalue weighted by Gasteiger charge is 2.26. The molecule has 2 heterocycles. The van der Waals surface area contributed by atoms with Crippen molar-refractivity contribution in [3.63, 3.8) is 0 Å². The molecule has 1 aromatic heterocycles. The summed E-state index contributed by atoms with van der Waals surface area (Å²) in [4.78, 5) is 16.6. The molecule has 1 saturated heterocycles. The zero-order valence-corrected chi connectivity index (χ0v) is 16.5. The first-order valence-electron chi connectivity index (χ1n) is 8.95. The van der Waals surface area contributed by atoms with Crippen molar-refractivity contribution in [2.75, 3.05) is 13.1 Å². The van der Waals surface area contributed by atoms with Crippen molar-refractivity contribution in [1.29, 1.82) is 0 Å². The number of nitrogens with zero attached hydrogens (tertiary/aromatic N) is 2. The van der Waals surface area contributed by atoms with Crippen molar-refractivity contribution >= 4 is 27.5 Å².